The van der Waals surface area contributed by atoms with E-state index in [9.17, 15) is 9.59 Å². The number of fused-ring (bicyclic) bond motifs is 1. The van der Waals surface area contributed by atoms with Crippen LogP contribution < -0.4 is 15.5 Å². The standard InChI is InChI=1S/C27H30N2O6/c1-19(7-2-5-12-25(31)29-33)26(21-13-15-22(16-14-21)34-18-17-30)35-27(32)28-24-11-6-9-20-8-3-4-10-23(20)24/h3-6,8-16,19,26,30,33H,2,7,17-18H2,1H3,(H,28,32)(H,29,31)/b12-5+/t19-,26-/m1/s1. The second-order valence-electron chi connectivity index (χ2n) is 8.05. The number of amides is 2. The first-order chi connectivity index (χ1) is 17.0. The zero-order valence-electron chi connectivity index (χ0n) is 19.5. The minimum Gasteiger partial charge on any atom is -0.491 e. The number of carbonyl (C=O) groups is 2. The van der Waals surface area contributed by atoms with Gasteiger partial charge in [-0.05, 0) is 47.9 Å². The van der Waals surface area contributed by atoms with Gasteiger partial charge in [0.25, 0.3) is 5.91 Å². The van der Waals surface area contributed by atoms with Gasteiger partial charge in [0.2, 0.25) is 0 Å². The van der Waals surface area contributed by atoms with Gasteiger partial charge in [0.1, 0.15) is 18.5 Å². The van der Waals surface area contributed by atoms with Crippen molar-refractivity contribution in [3.05, 3.63) is 84.4 Å². The zero-order chi connectivity index (χ0) is 25.0. The first-order valence-electron chi connectivity index (χ1n) is 11.4. The maximum absolute atomic E-state index is 12.9. The third-order valence-electron chi connectivity index (χ3n) is 5.51. The molecule has 0 aliphatic rings. The van der Waals surface area contributed by atoms with Gasteiger partial charge in [0.15, 0.2) is 0 Å². The summed E-state index contributed by atoms with van der Waals surface area (Å²) < 4.78 is 11.3. The monoisotopic (exact) mass is 478 g/mol. The Bertz CT molecular complexity index is 1140. The Morgan fingerprint density at radius 2 is 1.77 bits per heavy atom. The molecule has 0 spiro atoms. The van der Waals surface area contributed by atoms with Crippen LogP contribution in [0.25, 0.3) is 10.8 Å². The zero-order valence-corrected chi connectivity index (χ0v) is 19.5. The lowest BCUT2D eigenvalue weighted by Gasteiger charge is -2.25. The number of rotatable bonds is 11. The summed E-state index contributed by atoms with van der Waals surface area (Å²) in [5, 5.41) is 22.3. The SMILES string of the molecule is C[C@H](CC/C=C/C(=O)NO)[C@@H](OC(=O)Nc1cccc2ccccc12)c1ccc(OCCO)cc1. The van der Waals surface area contributed by atoms with Gasteiger partial charge in [-0.1, -0.05) is 61.5 Å². The molecule has 3 aromatic rings. The van der Waals surface area contributed by atoms with Crippen molar-refractivity contribution in [1.29, 1.82) is 0 Å². The summed E-state index contributed by atoms with van der Waals surface area (Å²) in [7, 11) is 0. The van der Waals surface area contributed by atoms with Gasteiger partial charge in [0.05, 0.1) is 12.3 Å². The van der Waals surface area contributed by atoms with Crippen LogP contribution in [0.3, 0.4) is 0 Å². The van der Waals surface area contributed by atoms with E-state index in [1.54, 1.807) is 23.7 Å². The predicted octanol–water partition coefficient (Wildman–Crippen LogP) is 4.98. The number of allylic oxidation sites excluding steroid dienone is 1. The Morgan fingerprint density at radius 3 is 2.51 bits per heavy atom. The van der Waals surface area contributed by atoms with Crippen molar-refractivity contribution in [3.8, 4) is 5.75 Å². The van der Waals surface area contributed by atoms with Crippen molar-refractivity contribution in [2.45, 2.75) is 25.9 Å². The molecular weight excluding hydrogens is 448 g/mol. The molecule has 0 bridgehead atoms. The molecule has 2 atom stereocenters. The van der Waals surface area contributed by atoms with E-state index in [4.69, 9.17) is 19.8 Å². The summed E-state index contributed by atoms with van der Waals surface area (Å²) in [6, 6.07) is 20.6. The van der Waals surface area contributed by atoms with Gasteiger partial charge in [0, 0.05) is 11.5 Å². The molecule has 0 aliphatic carbocycles. The van der Waals surface area contributed by atoms with E-state index >= 15 is 0 Å². The number of hydrogen-bond acceptors (Lipinski definition) is 6. The molecule has 0 saturated carbocycles. The fourth-order valence-electron chi connectivity index (χ4n) is 3.76. The molecule has 0 unspecified atom stereocenters. The van der Waals surface area contributed by atoms with Crippen molar-refractivity contribution >= 4 is 28.5 Å². The topological polar surface area (TPSA) is 117 Å². The first kappa shape index (κ1) is 25.7. The smallest absolute Gasteiger partial charge is 0.412 e. The number of ether oxygens (including phenoxy) is 2. The Morgan fingerprint density at radius 1 is 1.03 bits per heavy atom. The summed E-state index contributed by atoms with van der Waals surface area (Å²) in [5.74, 6) is -0.0786. The molecule has 0 fully saturated rings. The van der Waals surface area contributed by atoms with Gasteiger partial charge in [-0.3, -0.25) is 15.3 Å². The van der Waals surface area contributed by atoms with E-state index in [1.807, 2.05) is 61.5 Å². The minimum absolute atomic E-state index is 0.0827. The van der Waals surface area contributed by atoms with E-state index in [2.05, 4.69) is 5.32 Å². The molecule has 0 heterocycles. The van der Waals surface area contributed by atoms with Crippen molar-refractivity contribution < 1.29 is 29.4 Å². The lowest BCUT2D eigenvalue weighted by molar-refractivity contribution is -0.124. The average Bonchev–Trinajstić information content (AvgIpc) is 2.89. The maximum atomic E-state index is 12.9. The van der Waals surface area contributed by atoms with Gasteiger partial charge in [-0.2, -0.15) is 0 Å². The molecule has 3 rings (SSSR count). The quantitative estimate of drug-likeness (QED) is 0.175. The van der Waals surface area contributed by atoms with Crippen molar-refractivity contribution in [3.63, 3.8) is 0 Å². The summed E-state index contributed by atoms with van der Waals surface area (Å²) in [5.41, 5.74) is 3.00. The largest absolute Gasteiger partial charge is 0.491 e. The number of hydroxylamine groups is 1. The van der Waals surface area contributed by atoms with Crippen LogP contribution in [0.5, 0.6) is 5.75 Å². The van der Waals surface area contributed by atoms with E-state index < -0.39 is 18.1 Å². The van der Waals surface area contributed by atoms with Crippen molar-refractivity contribution in [1.82, 2.24) is 5.48 Å². The molecule has 0 radical (unpaired) electrons. The Hall–Kier alpha value is -3.88. The van der Waals surface area contributed by atoms with Gasteiger partial charge < -0.3 is 14.6 Å². The number of carbonyl (C=O) groups excluding carboxylic acids is 2. The van der Waals surface area contributed by atoms with Crippen LogP contribution in [-0.2, 0) is 9.53 Å². The number of nitrogens with one attached hydrogen (secondary N) is 2. The summed E-state index contributed by atoms with van der Waals surface area (Å²) >= 11 is 0. The lowest BCUT2D eigenvalue weighted by atomic mass is 9.93. The lowest BCUT2D eigenvalue weighted by Crippen LogP contribution is -2.22. The van der Waals surface area contributed by atoms with Crippen LogP contribution in [0.4, 0.5) is 10.5 Å². The summed E-state index contributed by atoms with van der Waals surface area (Å²) in [4.78, 5) is 24.1. The Balaban J connectivity index is 1.75. The van der Waals surface area contributed by atoms with Gasteiger partial charge in [-0.25, -0.2) is 10.3 Å². The minimum atomic E-state index is -0.599. The molecule has 0 aliphatic heterocycles. The highest BCUT2D eigenvalue weighted by Crippen LogP contribution is 2.32. The van der Waals surface area contributed by atoms with Crippen LogP contribution >= 0.6 is 0 Å². The molecule has 8 heteroatoms. The summed E-state index contributed by atoms with van der Waals surface area (Å²) in [6.45, 7) is 2.07. The van der Waals surface area contributed by atoms with E-state index in [0.29, 0.717) is 24.3 Å². The number of benzene rings is 3. The molecule has 35 heavy (non-hydrogen) atoms. The molecule has 8 nitrogen and oxygen atoms in total. The fourth-order valence-corrected chi connectivity index (χ4v) is 3.76. The second kappa shape index (κ2) is 13.1. The van der Waals surface area contributed by atoms with E-state index in [-0.39, 0.29) is 19.1 Å². The molecule has 3 aromatic carbocycles. The number of aliphatic hydroxyl groups excluding tert-OH is 1. The van der Waals surface area contributed by atoms with Gasteiger partial charge >= 0.3 is 6.09 Å². The van der Waals surface area contributed by atoms with Crippen LogP contribution in [0, 0.1) is 5.92 Å². The Labute approximate surface area is 204 Å². The average molecular weight is 479 g/mol. The van der Waals surface area contributed by atoms with Crippen molar-refractivity contribution in [2.24, 2.45) is 5.92 Å². The summed E-state index contributed by atoms with van der Waals surface area (Å²) in [6.07, 6.45) is 2.96. The second-order valence-corrected chi connectivity index (χ2v) is 8.05. The molecule has 0 saturated heterocycles. The van der Waals surface area contributed by atoms with Crippen LogP contribution in [-0.4, -0.2) is 35.5 Å². The highest BCUT2D eigenvalue weighted by molar-refractivity contribution is 6.00. The van der Waals surface area contributed by atoms with Crippen LogP contribution in [0.15, 0.2) is 78.9 Å². The molecule has 4 N–H and O–H groups in total. The first-order valence-corrected chi connectivity index (χ1v) is 11.4. The normalized spacial score (nSPS) is 12.8. The molecular formula is C27H30N2O6. The fraction of sp³-hybridized carbons (Fsp3) is 0.259. The maximum Gasteiger partial charge on any atom is 0.412 e. The van der Waals surface area contributed by atoms with E-state index in [0.717, 1.165) is 16.3 Å². The van der Waals surface area contributed by atoms with E-state index in [1.165, 1.54) is 6.08 Å². The Kier molecular flexibility index (Phi) is 9.65. The third-order valence-corrected chi connectivity index (χ3v) is 5.51. The number of hydrogen-bond donors (Lipinski definition) is 4. The van der Waals surface area contributed by atoms with Crippen LogP contribution in [0.2, 0.25) is 0 Å². The highest BCUT2D eigenvalue weighted by Gasteiger charge is 2.24. The molecule has 2 amide bonds. The third kappa shape index (κ3) is 7.56. The number of aliphatic hydroxyl groups is 1. The van der Waals surface area contributed by atoms with Gasteiger partial charge in [-0.15, -0.1) is 0 Å². The molecule has 0 aromatic heterocycles. The molecule has 184 valence electrons. The van der Waals surface area contributed by atoms with Crippen LogP contribution in [0.1, 0.15) is 31.4 Å². The van der Waals surface area contributed by atoms with Crippen molar-refractivity contribution in [2.75, 3.05) is 18.5 Å². The number of anilines is 1. The predicted molar refractivity (Wildman–Crippen MR) is 133 cm³/mol. The highest BCUT2D eigenvalue weighted by atomic mass is 16.6.